The van der Waals surface area contributed by atoms with Crippen molar-refractivity contribution >= 4 is 50.7 Å². The van der Waals surface area contributed by atoms with Gasteiger partial charge in [-0.1, -0.05) is 34.4 Å². The highest BCUT2D eigenvalue weighted by atomic mass is 35.5. The summed E-state index contributed by atoms with van der Waals surface area (Å²) in [5, 5.41) is 26.7. The minimum atomic E-state index is -1.21. The van der Waals surface area contributed by atoms with Gasteiger partial charge in [0.2, 0.25) is 0 Å². The Balaban J connectivity index is 1.12. The number of rotatable bonds is 7. The highest BCUT2D eigenvalue weighted by Gasteiger charge is 2.57. The van der Waals surface area contributed by atoms with Crippen molar-refractivity contribution in [1.82, 2.24) is 10.1 Å². The Morgan fingerprint density at radius 3 is 2.67 bits per heavy atom. The summed E-state index contributed by atoms with van der Waals surface area (Å²) >= 11 is 14.1. The second kappa shape index (κ2) is 9.24. The van der Waals surface area contributed by atoms with E-state index in [2.05, 4.69) is 10.1 Å². The monoisotopic (exact) mass is 588 g/mol. The van der Waals surface area contributed by atoms with Crippen LogP contribution >= 0.6 is 34.5 Å². The van der Waals surface area contributed by atoms with Gasteiger partial charge in [0.05, 0.1) is 33.0 Å². The molecule has 39 heavy (non-hydrogen) atoms. The Morgan fingerprint density at radius 1 is 1.23 bits per heavy atom. The maximum Gasteiger partial charge on any atom is 0.335 e. The maximum absolute atomic E-state index is 14.6. The van der Waals surface area contributed by atoms with Crippen molar-refractivity contribution in [2.75, 3.05) is 0 Å². The van der Waals surface area contributed by atoms with Gasteiger partial charge in [-0.25, -0.2) is 14.2 Å². The normalized spacial score (nSPS) is 26.1. The van der Waals surface area contributed by atoms with Gasteiger partial charge in [0.25, 0.3) is 0 Å². The summed E-state index contributed by atoms with van der Waals surface area (Å²) in [6, 6.07) is 7.70. The predicted molar refractivity (Wildman–Crippen MR) is 144 cm³/mol. The molecular weight excluding hydrogens is 566 g/mol. The number of benzene rings is 2. The fourth-order valence-corrected chi connectivity index (χ4v) is 8.03. The van der Waals surface area contributed by atoms with E-state index in [1.54, 1.807) is 18.2 Å². The number of aliphatic hydroxyl groups is 1. The van der Waals surface area contributed by atoms with E-state index in [0.29, 0.717) is 56.4 Å². The molecule has 3 aliphatic carbocycles. The average Bonchev–Trinajstić information content (AvgIpc) is 3.21. The smallest absolute Gasteiger partial charge is 0.335 e. The molecule has 4 atom stereocenters. The van der Waals surface area contributed by atoms with Crippen LogP contribution in [0.25, 0.3) is 21.5 Å². The summed E-state index contributed by atoms with van der Waals surface area (Å²) in [6.45, 7) is 0.294. The predicted octanol–water partition coefficient (Wildman–Crippen LogP) is 7.18. The van der Waals surface area contributed by atoms with Crippen LogP contribution in [0.1, 0.15) is 64.7 Å². The molecule has 2 aromatic carbocycles. The van der Waals surface area contributed by atoms with E-state index in [1.807, 2.05) is 0 Å². The number of carbonyl (C=O) groups is 1. The van der Waals surface area contributed by atoms with Gasteiger partial charge in [-0.15, -0.1) is 11.3 Å². The first kappa shape index (κ1) is 25.4. The lowest BCUT2D eigenvalue weighted by molar-refractivity contribution is -0.0726. The Morgan fingerprint density at radius 2 is 2.00 bits per heavy atom. The minimum Gasteiger partial charge on any atom is -0.478 e. The van der Waals surface area contributed by atoms with E-state index in [4.69, 9.17) is 32.5 Å². The van der Waals surface area contributed by atoms with Gasteiger partial charge in [-0.3, -0.25) is 0 Å². The fraction of sp³-hybridized carbons (Fsp3) is 0.393. The Labute approximate surface area is 236 Å². The largest absolute Gasteiger partial charge is 0.478 e. The molecular formula is C28H23Cl2FN2O5S. The number of hydrogen-bond donors (Lipinski definition) is 2. The van der Waals surface area contributed by atoms with Crippen molar-refractivity contribution < 1.29 is 28.7 Å². The number of thiazole rings is 1. The van der Waals surface area contributed by atoms with Gasteiger partial charge in [0, 0.05) is 17.0 Å². The summed E-state index contributed by atoms with van der Waals surface area (Å²) in [5.41, 5.74) is 0.851. The first-order chi connectivity index (χ1) is 18.7. The zero-order valence-electron chi connectivity index (χ0n) is 20.5. The molecule has 3 saturated carbocycles. The first-order valence-corrected chi connectivity index (χ1v) is 14.4. The van der Waals surface area contributed by atoms with Crippen LogP contribution < -0.4 is 0 Å². The maximum atomic E-state index is 14.6. The van der Waals surface area contributed by atoms with Crippen LogP contribution in [0.3, 0.4) is 0 Å². The highest BCUT2D eigenvalue weighted by Crippen LogP contribution is 2.58. The number of halogens is 3. The number of fused-ring (bicyclic) bond motifs is 3. The average molecular weight is 589 g/mol. The molecule has 3 aliphatic rings. The third kappa shape index (κ3) is 4.17. The van der Waals surface area contributed by atoms with Crippen molar-refractivity contribution in [1.29, 1.82) is 0 Å². The van der Waals surface area contributed by atoms with E-state index >= 15 is 0 Å². The number of aromatic nitrogens is 2. The van der Waals surface area contributed by atoms with Crippen LogP contribution in [0.15, 0.2) is 34.9 Å². The van der Waals surface area contributed by atoms with Gasteiger partial charge in [-0.05, 0) is 68.2 Å². The molecule has 0 amide bonds. The van der Waals surface area contributed by atoms with Crippen LogP contribution in [0.2, 0.25) is 10.0 Å². The molecule has 7 rings (SSSR count). The van der Waals surface area contributed by atoms with Crippen LogP contribution in [0, 0.1) is 17.7 Å². The third-order valence-electron chi connectivity index (χ3n) is 8.35. The van der Waals surface area contributed by atoms with Gasteiger partial charge < -0.3 is 19.5 Å². The van der Waals surface area contributed by atoms with E-state index in [1.165, 1.54) is 6.07 Å². The van der Waals surface area contributed by atoms with Crippen LogP contribution in [-0.2, 0) is 16.9 Å². The van der Waals surface area contributed by atoms with Crippen LogP contribution in [0.5, 0.6) is 0 Å². The van der Waals surface area contributed by atoms with Gasteiger partial charge in [-0.2, -0.15) is 0 Å². The summed E-state index contributed by atoms with van der Waals surface area (Å²) in [7, 11) is 0. The van der Waals surface area contributed by atoms with E-state index < -0.39 is 17.4 Å². The van der Waals surface area contributed by atoms with Crippen LogP contribution in [0.4, 0.5) is 4.39 Å². The second-order valence-electron chi connectivity index (χ2n) is 10.8. The number of hydrogen-bond acceptors (Lipinski definition) is 7. The molecule has 11 heteroatoms. The molecule has 2 N–H and O–H groups in total. The van der Waals surface area contributed by atoms with Gasteiger partial charge >= 0.3 is 5.97 Å². The van der Waals surface area contributed by atoms with Gasteiger partial charge in [0.1, 0.15) is 27.6 Å². The molecule has 0 saturated heterocycles. The number of aromatic carboxylic acids is 1. The quantitative estimate of drug-likeness (QED) is 0.235. The number of carboxylic acids is 1. The van der Waals surface area contributed by atoms with Crippen molar-refractivity contribution in [3.63, 3.8) is 0 Å². The molecule has 0 spiro atoms. The van der Waals surface area contributed by atoms with E-state index in [9.17, 15) is 19.4 Å². The molecule has 3 unspecified atom stereocenters. The number of carboxylic acid groups (broad SMARTS) is 1. The SMILES string of the molecule is O=C(O)c1cc(F)c2nc([C@]3(O)CC4CC3CC4OCc3c(-c4c(Cl)cccc4Cl)noc3C3CC3)sc2c1. The van der Waals surface area contributed by atoms with Crippen LogP contribution in [-0.4, -0.2) is 32.4 Å². The van der Waals surface area contributed by atoms with Crippen molar-refractivity contribution in [2.45, 2.75) is 56.3 Å². The zero-order valence-corrected chi connectivity index (χ0v) is 22.8. The molecule has 3 fully saturated rings. The minimum absolute atomic E-state index is 0.0727. The summed E-state index contributed by atoms with van der Waals surface area (Å²) in [4.78, 5) is 15.7. The topological polar surface area (TPSA) is 106 Å². The lowest BCUT2D eigenvalue weighted by atomic mass is 9.83. The molecule has 7 nitrogen and oxygen atoms in total. The lowest BCUT2D eigenvalue weighted by Gasteiger charge is -2.34. The molecule has 2 bridgehead atoms. The second-order valence-corrected chi connectivity index (χ2v) is 12.6. The molecule has 4 aromatic rings. The molecule has 0 radical (unpaired) electrons. The van der Waals surface area contributed by atoms with Crippen molar-refractivity contribution in [3.8, 4) is 11.3 Å². The summed E-state index contributed by atoms with van der Waals surface area (Å²) < 4.78 is 27.2. The molecule has 0 aliphatic heterocycles. The van der Waals surface area contributed by atoms with Crippen molar-refractivity contribution in [3.05, 3.63) is 68.1 Å². The molecule has 2 aromatic heterocycles. The number of nitrogens with zero attached hydrogens (tertiary/aromatic N) is 2. The first-order valence-electron chi connectivity index (χ1n) is 12.8. The molecule has 202 valence electrons. The van der Waals surface area contributed by atoms with Crippen molar-refractivity contribution in [2.24, 2.45) is 11.8 Å². The highest BCUT2D eigenvalue weighted by molar-refractivity contribution is 7.18. The lowest BCUT2D eigenvalue weighted by Crippen LogP contribution is -2.37. The van der Waals surface area contributed by atoms with E-state index in [0.717, 1.165) is 48.0 Å². The Kier molecular flexibility index (Phi) is 6.02. The third-order valence-corrected chi connectivity index (χ3v) is 10.2. The van der Waals surface area contributed by atoms with Gasteiger partial charge in [0.15, 0.2) is 5.82 Å². The standard InChI is InChI=1S/C28H23Cl2FN2O5S/c29-17-2-1-3-18(30)22(17)23-16(25(38-33-23)12-4-5-12)11-37-20-9-15-6-14(20)10-28(15,36)27-32-24-19(31)7-13(26(34)35)8-21(24)39-27/h1-3,7-8,12,14-15,20,36H,4-6,9-11H2,(H,34,35)/t14?,15?,20?,28-/m0/s1. The summed E-state index contributed by atoms with van der Waals surface area (Å²) in [5.74, 6) is -0.770. The Bertz CT molecular complexity index is 1620. The number of ether oxygens (including phenoxy) is 1. The van der Waals surface area contributed by atoms with E-state index in [-0.39, 0.29) is 29.0 Å². The molecule has 2 heterocycles. The zero-order chi connectivity index (χ0) is 27.1. The fourth-order valence-electron chi connectivity index (χ4n) is 6.26. The Hall–Kier alpha value is -2.56. The summed E-state index contributed by atoms with van der Waals surface area (Å²) in [6.07, 6.45) is 3.84.